The normalized spacial score (nSPS) is 15.9. The maximum Gasteiger partial charge on any atom is 0.227 e. The molecule has 1 aromatic heterocycles. The van der Waals surface area contributed by atoms with E-state index in [4.69, 9.17) is 25.4 Å². The first kappa shape index (κ1) is 22.6. The van der Waals surface area contributed by atoms with Gasteiger partial charge in [-0.3, -0.25) is 9.78 Å². The van der Waals surface area contributed by atoms with Crippen LogP contribution < -0.4 is 10.5 Å². The lowest BCUT2D eigenvalue weighted by Gasteiger charge is -2.26. The Bertz CT molecular complexity index is 1250. The molecule has 4 aliphatic rings. The third kappa shape index (κ3) is 4.09. The minimum Gasteiger partial charge on any atom is -0.496 e. The molecular formula is C23H27N7O3S. The number of aryl methyl sites for hydroxylation is 1. The van der Waals surface area contributed by atoms with Gasteiger partial charge in [-0.2, -0.15) is 19.4 Å². The molecule has 5 rings (SSSR count). The van der Waals surface area contributed by atoms with Gasteiger partial charge in [-0.05, 0) is 43.0 Å². The van der Waals surface area contributed by atoms with Crippen LogP contribution in [0.2, 0.25) is 0 Å². The predicted octanol–water partition coefficient (Wildman–Crippen LogP) is 1.72. The van der Waals surface area contributed by atoms with E-state index in [1.54, 1.807) is 18.1 Å². The van der Waals surface area contributed by atoms with Crippen LogP contribution in [-0.4, -0.2) is 70.0 Å². The highest BCUT2D eigenvalue weighted by atomic mass is 32.2. The van der Waals surface area contributed by atoms with Crippen molar-refractivity contribution < 1.29 is 14.3 Å². The number of carbonyl (C=O) groups excluding carboxylic acids is 1. The van der Waals surface area contributed by atoms with Gasteiger partial charge < -0.3 is 20.1 Å². The molecule has 178 valence electrons. The molecule has 1 aromatic rings. The number of ether oxygens (including phenoxy) is 2. The van der Waals surface area contributed by atoms with E-state index >= 15 is 0 Å². The average molecular weight is 482 g/mol. The Balaban J connectivity index is 1.53. The van der Waals surface area contributed by atoms with Crippen molar-refractivity contribution in [2.45, 2.75) is 32.6 Å². The maximum absolute atomic E-state index is 12.9. The molecule has 10 nitrogen and oxygen atoms in total. The Kier molecular flexibility index (Phi) is 6.13. The van der Waals surface area contributed by atoms with Gasteiger partial charge in [0.15, 0.2) is 5.84 Å². The van der Waals surface area contributed by atoms with Gasteiger partial charge in [0.05, 0.1) is 38.1 Å². The minimum absolute atomic E-state index is 0.0898. The number of aromatic nitrogens is 4. The summed E-state index contributed by atoms with van der Waals surface area (Å²) >= 11 is 1.37. The van der Waals surface area contributed by atoms with E-state index in [1.165, 1.54) is 11.9 Å². The number of hydrogen-bond acceptors (Lipinski definition) is 9. The fourth-order valence-corrected chi connectivity index (χ4v) is 5.28. The Morgan fingerprint density at radius 2 is 2.06 bits per heavy atom. The molecule has 0 saturated carbocycles. The molecule has 1 amide bonds. The smallest absolute Gasteiger partial charge is 0.227 e. The van der Waals surface area contributed by atoms with Crippen LogP contribution in [0, 0.1) is 13.8 Å². The second kappa shape index (κ2) is 9.22. The zero-order valence-electron chi connectivity index (χ0n) is 19.5. The molecule has 0 atom stereocenters. The topological polar surface area (TPSA) is 121 Å². The Morgan fingerprint density at radius 3 is 2.82 bits per heavy atom. The number of nitrogens with zero attached hydrogens (tertiary/aromatic N) is 6. The number of carbonyl (C=O) groups is 1. The lowest BCUT2D eigenvalue weighted by atomic mass is 10.1. The summed E-state index contributed by atoms with van der Waals surface area (Å²) in [5.41, 5.74) is 13.2. The van der Waals surface area contributed by atoms with Gasteiger partial charge in [0, 0.05) is 41.7 Å². The first-order valence-corrected chi connectivity index (χ1v) is 12.1. The summed E-state index contributed by atoms with van der Waals surface area (Å²) in [5, 5.41) is 9.48. The standard InChI is InChI=1S/C23H27N7O3S/c1-13-10-25-18(14(2)22(13)32-3)11-30-26-17-8-15(9-19(31)29-4-6-33-7-5-29)16-12-34-28-23(24)21(27-30)20(16)17/h8,10H,4-7,9,11-12H2,1-3H3,(H2,24,28). The Labute approximate surface area is 202 Å². The second-order valence-corrected chi connectivity index (χ2v) is 9.18. The van der Waals surface area contributed by atoms with Crippen LogP contribution in [0.1, 0.15) is 33.6 Å². The monoisotopic (exact) mass is 481 g/mol. The van der Waals surface area contributed by atoms with Gasteiger partial charge in [0.25, 0.3) is 0 Å². The number of pyridine rings is 1. The number of amides is 1. The first-order chi connectivity index (χ1) is 16.5. The van der Waals surface area contributed by atoms with E-state index in [2.05, 4.69) is 9.38 Å². The van der Waals surface area contributed by atoms with Crippen molar-refractivity contribution in [3.05, 3.63) is 45.9 Å². The third-order valence-corrected chi connectivity index (χ3v) is 7.04. The van der Waals surface area contributed by atoms with Crippen molar-refractivity contribution in [3.63, 3.8) is 0 Å². The van der Waals surface area contributed by atoms with Gasteiger partial charge in [-0.15, -0.1) is 0 Å². The number of nitrogens with two attached hydrogens (primary N) is 1. The summed E-state index contributed by atoms with van der Waals surface area (Å²) in [4.78, 5) is 21.0. The number of hydrogen-bond donors (Lipinski definition) is 1. The van der Waals surface area contributed by atoms with E-state index in [0.717, 1.165) is 45.0 Å². The molecule has 3 aliphatic heterocycles. The Morgan fingerprint density at radius 1 is 1.26 bits per heavy atom. The molecule has 0 spiro atoms. The van der Waals surface area contributed by atoms with Crippen molar-refractivity contribution in [2.75, 3.05) is 33.4 Å². The third-order valence-electron chi connectivity index (χ3n) is 6.29. The zero-order chi connectivity index (χ0) is 23.8. The molecule has 34 heavy (non-hydrogen) atoms. The van der Waals surface area contributed by atoms with E-state index in [-0.39, 0.29) is 5.91 Å². The van der Waals surface area contributed by atoms with E-state index in [9.17, 15) is 4.79 Å². The molecule has 0 bridgehead atoms. The SMILES string of the molecule is COc1c(C)cnc(Cn2nc3cc(CC(=O)N4CCOCC4)c4c-3c(n2)C(N)=NSC4)c1C. The molecule has 4 heterocycles. The molecular weight excluding hydrogens is 454 g/mol. The molecule has 0 aromatic carbocycles. The van der Waals surface area contributed by atoms with Crippen LogP contribution in [0.5, 0.6) is 5.75 Å². The van der Waals surface area contributed by atoms with E-state index in [1.807, 2.05) is 24.8 Å². The van der Waals surface area contributed by atoms with Crippen LogP contribution in [0.25, 0.3) is 11.3 Å². The predicted molar refractivity (Wildman–Crippen MR) is 129 cm³/mol. The maximum atomic E-state index is 12.9. The van der Waals surface area contributed by atoms with Crippen LogP contribution >= 0.6 is 11.9 Å². The summed E-state index contributed by atoms with van der Waals surface area (Å²) in [6.45, 7) is 6.70. The van der Waals surface area contributed by atoms with Crippen LogP contribution in [0.4, 0.5) is 0 Å². The molecule has 1 aliphatic carbocycles. The second-order valence-electron chi connectivity index (χ2n) is 8.45. The highest BCUT2D eigenvalue weighted by Gasteiger charge is 2.29. The van der Waals surface area contributed by atoms with Gasteiger partial charge >= 0.3 is 0 Å². The quantitative estimate of drug-likeness (QED) is 0.547. The van der Waals surface area contributed by atoms with Crippen molar-refractivity contribution in [2.24, 2.45) is 10.1 Å². The lowest BCUT2D eigenvalue weighted by Crippen LogP contribution is -2.41. The van der Waals surface area contributed by atoms with Crippen molar-refractivity contribution >= 4 is 23.7 Å². The highest BCUT2D eigenvalue weighted by molar-refractivity contribution is 7.97. The van der Waals surface area contributed by atoms with Gasteiger partial charge in [-0.1, -0.05) is 0 Å². The van der Waals surface area contributed by atoms with Gasteiger partial charge in [0.1, 0.15) is 18.0 Å². The van der Waals surface area contributed by atoms with Crippen molar-refractivity contribution in [3.8, 4) is 17.0 Å². The number of amidine groups is 1. The van der Waals surface area contributed by atoms with Crippen LogP contribution in [0.15, 0.2) is 16.7 Å². The van der Waals surface area contributed by atoms with Gasteiger partial charge in [0.2, 0.25) is 5.91 Å². The summed E-state index contributed by atoms with van der Waals surface area (Å²) in [6.07, 6.45) is 2.10. The minimum atomic E-state index is 0.0898. The van der Waals surface area contributed by atoms with Crippen molar-refractivity contribution in [1.82, 2.24) is 24.9 Å². The average Bonchev–Trinajstić information content (AvgIpc) is 3.08. The summed E-state index contributed by atoms with van der Waals surface area (Å²) in [5.74, 6) is 1.87. The largest absolute Gasteiger partial charge is 0.496 e. The summed E-state index contributed by atoms with van der Waals surface area (Å²) in [6, 6.07) is 1.99. The van der Waals surface area contributed by atoms with E-state index < -0.39 is 0 Å². The summed E-state index contributed by atoms with van der Waals surface area (Å²) < 4.78 is 15.3. The van der Waals surface area contributed by atoms with Crippen LogP contribution in [-0.2, 0) is 28.2 Å². The molecule has 0 unspecified atom stereocenters. The molecule has 11 heteroatoms. The zero-order valence-corrected chi connectivity index (χ0v) is 20.3. The first-order valence-electron chi connectivity index (χ1n) is 11.2. The molecule has 1 fully saturated rings. The fourth-order valence-electron chi connectivity index (χ4n) is 4.53. The highest BCUT2D eigenvalue weighted by Crippen LogP contribution is 2.38. The van der Waals surface area contributed by atoms with Crippen molar-refractivity contribution in [1.29, 1.82) is 0 Å². The van der Waals surface area contributed by atoms with Crippen LogP contribution in [0.3, 0.4) is 0 Å². The van der Waals surface area contributed by atoms with E-state index in [0.29, 0.717) is 56.6 Å². The Hall–Kier alpha value is -3.18. The molecule has 2 N–H and O–H groups in total. The number of morpholine rings is 1. The fraction of sp³-hybridized carbons (Fsp3) is 0.435. The molecule has 1 saturated heterocycles. The lowest BCUT2D eigenvalue weighted by molar-refractivity contribution is -0.134. The van der Waals surface area contributed by atoms with Gasteiger partial charge in [-0.25, -0.2) is 0 Å². The summed E-state index contributed by atoms with van der Waals surface area (Å²) in [7, 11) is 1.66. The molecule has 0 radical (unpaired) electrons. The number of rotatable bonds is 5. The number of methoxy groups -OCH3 is 1.